The SMILES string of the molecule is COC1=C/C(=C\c2c(N)n3c(SCc4ccccc4)nsc3nc2=O)C=CC1=O. The van der Waals surface area contributed by atoms with Crippen LogP contribution in [0.1, 0.15) is 11.1 Å². The van der Waals surface area contributed by atoms with Crippen LogP contribution in [-0.4, -0.2) is 26.7 Å². The minimum Gasteiger partial charge on any atom is -0.493 e. The fourth-order valence-corrected chi connectivity index (χ4v) is 4.60. The molecule has 0 bridgehead atoms. The van der Waals surface area contributed by atoms with Crippen molar-refractivity contribution in [3.8, 4) is 0 Å². The average molecular weight is 425 g/mol. The van der Waals surface area contributed by atoms with Gasteiger partial charge in [-0.3, -0.25) is 9.59 Å². The molecule has 0 atom stereocenters. The number of nitrogens with zero attached hydrogens (tertiary/aromatic N) is 3. The van der Waals surface area contributed by atoms with E-state index in [-0.39, 0.29) is 22.9 Å². The minimum atomic E-state index is -0.448. The molecule has 0 saturated carbocycles. The van der Waals surface area contributed by atoms with E-state index in [9.17, 15) is 9.59 Å². The van der Waals surface area contributed by atoms with Gasteiger partial charge in [-0.2, -0.15) is 9.36 Å². The molecule has 1 aromatic carbocycles. The van der Waals surface area contributed by atoms with E-state index >= 15 is 0 Å². The van der Waals surface area contributed by atoms with E-state index in [1.807, 2.05) is 30.3 Å². The Morgan fingerprint density at radius 3 is 2.79 bits per heavy atom. The van der Waals surface area contributed by atoms with Crippen LogP contribution in [0.15, 0.2) is 69.8 Å². The van der Waals surface area contributed by atoms with Crippen molar-refractivity contribution in [2.75, 3.05) is 12.8 Å². The van der Waals surface area contributed by atoms with Gasteiger partial charge in [-0.25, -0.2) is 4.40 Å². The maximum atomic E-state index is 12.5. The van der Waals surface area contributed by atoms with Crippen molar-refractivity contribution in [3.63, 3.8) is 0 Å². The van der Waals surface area contributed by atoms with Crippen molar-refractivity contribution in [3.05, 3.63) is 81.4 Å². The molecule has 0 aliphatic heterocycles. The summed E-state index contributed by atoms with van der Waals surface area (Å²) in [6, 6.07) is 10.0. The number of nitrogen functional groups attached to an aromatic ring is 1. The van der Waals surface area contributed by atoms with Gasteiger partial charge in [0.1, 0.15) is 5.82 Å². The number of hydrogen-bond acceptors (Lipinski definition) is 8. The molecule has 0 fully saturated rings. The third kappa shape index (κ3) is 3.87. The zero-order valence-corrected chi connectivity index (χ0v) is 17.0. The molecule has 1 aliphatic rings. The molecule has 7 nitrogen and oxygen atoms in total. The molecule has 0 spiro atoms. The number of ether oxygens (including phenoxy) is 1. The Bertz CT molecular complexity index is 1240. The Morgan fingerprint density at radius 2 is 2.03 bits per heavy atom. The van der Waals surface area contributed by atoms with Gasteiger partial charge < -0.3 is 10.5 Å². The Kier molecular flexibility index (Phi) is 5.32. The van der Waals surface area contributed by atoms with E-state index in [1.165, 1.54) is 24.9 Å². The summed E-state index contributed by atoms with van der Waals surface area (Å²) in [5.41, 5.74) is 7.90. The van der Waals surface area contributed by atoms with Crippen LogP contribution in [0.2, 0.25) is 0 Å². The normalized spacial score (nSPS) is 15.1. The monoisotopic (exact) mass is 424 g/mol. The van der Waals surface area contributed by atoms with Gasteiger partial charge in [0.05, 0.1) is 12.7 Å². The van der Waals surface area contributed by atoms with Gasteiger partial charge in [0.25, 0.3) is 5.56 Å². The van der Waals surface area contributed by atoms with Crippen molar-refractivity contribution >= 4 is 45.9 Å². The van der Waals surface area contributed by atoms with Crippen molar-refractivity contribution in [2.24, 2.45) is 0 Å². The van der Waals surface area contributed by atoms with Crippen molar-refractivity contribution in [1.29, 1.82) is 0 Å². The van der Waals surface area contributed by atoms with Gasteiger partial charge in [-0.05, 0) is 29.4 Å². The van der Waals surface area contributed by atoms with E-state index in [2.05, 4.69) is 9.36 Å². The van der Waals surface area contributed by atoms with Crippen LogP contribution in [0.4, 0.5) is 5.82 Å². The maximum absolute atomic E-state index is 12.5. The van der Waals surface area contributed by atoms with Crippen molar-refractivity contribution in [1.82, 2.24) is 13.8 Å². The number of hydrogen-bond donors (Lipinski definition) is 1. The molecule has 0 amide bonds. The molecule has 4 rings (SSSR count). The van der Waals surface area contributed by atoms with Crippen LogP contribution in [0, 0.1) is 0 Å². The number of carbonyl (C=O) groups is 1. The molecule has 0 unspecified atom stereocenters. The lowest BCUT2D eigenvalue weighted by Gasteiger charge is -2.09. The Labute approximate surface area is 174 Å². The Hall–Kier alpha value is -3.17. The second kappa shape index (κ2) is 8.06. The summed E-state index contributed by atoms with van der Waals surface area (Å²) in [7, 11) is 1.42. The molecular weight excluding hydrogens is 408 g/mol. The lowest BCUT2D eigenvalue weighted by atomic mass is 10.0. The number of allylic oxidation sites excluding steroid dienone is 4. The molecule has 3 aromatic rings. The topological polar surface area (TPSA) is 99.6 Å². The number of methoxy groups -OCH3 is 1. The largest absolute Gasteiger partial charge is 0.493 e. The van der Waals surface area contributed by atoms with Gasteiger partial charge in [-0.1, -0.05) is 48.2 Å². The fourth-order valence-electron chi connectivity index (χ4n) is 2.79. The molecule has 2 aromatic heterocycles. The minimum absolute atomic E-state index is 0.197. The first-order chi connectivity index (χ1) is 14.1. The Morgan fingerprint density at radius 1 is 1.24 bits per heavy atom. The lowest BCUT2D eigenvalue weighted by molar-refractivity contribution is -0.114. The fraction of sp³-hybridized carbons (Fsp3) is 0.100. The highest BCUT2D eigenvalue weighted by Gasteiger charge is 2.17. The molecule has 146 valence electrons. The third-order valence-corrected chi connectivity index (χ3v) is 6.07. The highest BCUT2D eigenvalue weighted by atomic mass is 32.2. The van der Waals surface area contributed by atoms with Crippen LogP contribution in [-0.2, 0) is 15.3 Å². The van der Waals surface area contributed by atoms with Crippen molar-refractivity contribution < 1.29 is 9.53 Å². The number of benzene rings is 1. The second-order valence-electron chi connectivity index (χ2n) is 6.13. The number of fused-ring (bicyclic) bond motifs is 1. The summed E-state index contributed by atoms with van der Waals surface area (Å²) in [5, 5.41) is 0.668. The van der Waals surface area contributed by atoms with Crippen LogP contribution >= 0.6 is 23.3 Å². The second-order valence-corrected chi connectivity index (χ2v) is 7.80. The summed E-state index contributed by atoms with van der Waals surface area (Å²) in [4.78, 5) is 28.8. The molecule has 1 aliphatic carbocycles. The van der Waals surface area contributed by atoms with Crippen LogP contribution < -0.4 is 11.3 Å². The van der Waals surface area contributed by atoms with Crippen LogP contribution in [0.3, 0.4) is 0 Å². The summed E-state index contributed by atoms with van der Waals surface area (Å²) < 4.78 is 11.2. The van der Waals surface area contributed by atoms with Crippen LogP contribution in [0.25, 0.3) is 11.0 Å². The van der Waals surface area contributed by atoms with Gasteiger partial charge in [0, 0.05) is 17.3 Å². The van der Waals surface area contributed by atoms with E-state index in [0.29, 0.717) is 21.4 Å². The zero-order chi connectivity index (χ0) is 20.4. The number of anilines is 1. The van der Waals surface area contributed by atoms with Gasteiger partial charge in [0.15, 0.2) is 10.9 Å². The lowest BCUT2D eigenvalue weighted by Crippen LogP contribution is -2.16. The zero-order valence-electron chi connectivity index (χ0n) is 15.4. The number of rotatable bonds is 5. The summed E-state index contributed by atoms with van der Waals surface area (Å²) in [6.45, 7) is 0. The quantitative estimate of drug-likeness (QED) is 0.628. The van der Waals surface area contributed by atoms with E-state index < -0.39 is 5.56 Å². The molecule has 0 radical (unpaired) electrons. The van der Waals surface area contributed by atoms with E-state index in [1.54, 1.807) is 22.6 Å². The summed E-state index contributed by atoms with van der Waals surface area (Å²) in [5.74, 6) is 0.939. The number of aromatic nitrogens is 3. The molecule has 2 heterocycles. The number of carbonyl (C=O) groups excluding carboxylic acids is 1. The first kappa shape index (κ1) is 19.2. The van der Waals surface area contributed by atoms with Crippen LogP contribution in [0.5, 0.6) is 0 Å². The first-order valence-corrected chi connectivity index (χ1v) is 10.4. The predicted molar refractivity (Wildman–Crippen MR) is 115 cm³/mol. The summed E-state index contributed by atoms with van der Waals surface area (Å²) >= 11 is 2.64. The van der Waals surface area contributed by atoms with E-state index in [4.69, 9.17) is 10.5 Å². The van der Waals surface area contributed by atoms with Gasteiger partial charge in [0.2, 0.25) is 10.7 Å². The molecule has 0 saturated heterocycles. The maximum Gasteiger partial charge on any atom is 0.283 e. The summed E-state index contributed by atoms with van der Waals surface area (Å²) in [6.07, 6.45) is 6.16. The average Bonchev–Trinajstić information content (AvgIpc) is 3.14. The number of nitrogens with two attached hydrogens (primary N) is 1. The highest BCUT2D eigenvalue weighted by molar-refractivity contribution is 7.98. The molecular formula is C20H16N4O3S2. The van der Waals surface area contributed by atoms with Crippen molar-refractivity contribution in [2.45, 2.75) is 10.9 Å². The number of thioether (sulfide) groups is 1. The van der Waals surface area contributed by atoms with E-state index in [0.717, 1.165) is 17.1 Å². The van der Waals surface area contributed by atoms with Gasteiger partial charge >= 0.3 is 0 Å². The highest BCUT2D eigenvalue weighted by Crippen LogP contribution is 2.28. The molecule has 29 heavy (non-hydrogen) atoms. The predicted octanol–water partition coefficient (Wildman–Crippen LogP) is 3.08. The first-order valence-electron chi connectivity index (χ1n) is 8.61. The third-order valence-electron chi connectivity index (χ3n) is 4.24. The number of ketones is 1. The van der Waals surface area contributed by atoms with Gasteiger partial charge in [-0.15, -0.1) is 0 Å². The smallest absolute Gasteiger partial charge is 0.283 e. The molecule has 2 N–H and O–H groups in total. The Balaban J connectivity index is 1.73. The standard InChI is InChI=1S/C20H16N4O3S2/c1-27-16-10-13(7-8-15(16)25)9-14-17(21)24-19(22-18(14)26)29-23-20(24)28-11-12-5-3-2-4-6-12/h2-10H,11,21H2,1H3/b13-9-. The molecule has 9 heteroatoms.